The van der Waals surface area contributed by atoms with Gasteiger partial charge in [0.15, 0.2) is 0 Å². The van der Waals surface area contributed by atoms with Gasteiger partial charge in [-0.15, -0.1) is 0 Å². The molecule has 0 radical (unpaired) electrons. The molecule has 2 rings (SSSR count). The maximum Gasteiger partial charge on any atom is 0.140 e. The smallest absolute Gasteiger partial charge is 0.140 e. The molecule has 2 nitrogen and oxygen atoms in total. The number of hydrogen-bond acceptors (Lipinski definition) is 2. The Bertz CT molecular complexity index is 391. The van der Waals surface area contributed by atoms with E-state index in [0.717, 1.165) is 18.0 Å². The maximum absolute atomic E-state index is 13.0. The highest BCUT2D eigenvalue weighted by atomic mass is 19.1. The summed E-state index contributed by atoms with van der Waals surface area (Å²) in [7, 11) is 0. The second kappa shape index (κ2) is 4.41. The molecule has 0 unspecified atom stereocenters. The first-order valence-electron chi connectivity index (χ1n) is 5.19. The lowest BCUT2D eigenvalue weighted by Gasteiger charge is -2.04. The number of nitriles is 1. The summed E-state index contributed by atoms with van der Waals surface area (Å²) in [6, 6.07) is 6.52. The number of nitrogens with one attached hydrogen (secondary N) is 1. The molecular formula is C12H13FN2. The third-order valence-electron chi connectivity index (χ3n) is 2.61. The van der Waals surface area contributed by atoms with Crippen molar-refractivity contribution in [1.29, 1.82) is 5.26 Å². The van der Waals surface area contributed by atoms with Crippen molar-refractivity contribution in [3.8, 4) is 6.07 Å². The third kappa shape index (κ3) is 2.77. The number of benzene rings is 1. The van der Waals surface area contributed by atoms with Crippen molar-refractivity contribution >= 4 is 0 Å². The summed E-state index contributed by atoms with van der Waals surface area (Å²) in [4.78, 5) is 0. The van der Waals surface area contributed by atoms with Gasteiger partial charge in [0.1, 0.15) is 11.9 Å². The van der Waals surface area contributed by atoms with E-state index in [0.29, 0.717) is 6.54 Å². The van der Waals surface area contributed by atoms with Crippen molar-refractivity contribution < 1.29 is 4.39 Å². The van der Waals surface area contributed by atoms with E-state index in [1.54, 1.807) is 12.1 Å². The average Bonchev–Trinajstić information content (AvgIpc) is 3.04. The molecule has 1 aromatic carbocycles. The van der Waals surface area contributed by atoms with Gasteiger partial charge in [-0.1, -0.05) is 6.07 Å². The van der Waals surface area contributed by atoms with Gasteiger partial charge in [0.05, 0.1) is 5.56 Å². The fraction of sp³-hybridized carbons (Fsp3) is 0.417. The molecular weight excluding hydrogens is 191 g/mol. The Hall–Kier alpha value is -1.40. The van der Waals surface area contributed by atoms with Crippen LogP contribution in [0.25, 0.3) is 0 Å². The number of halogens is 1. The summed E-state index contributed by atoms with van der Waals surface area (Å²) in [6.45, 7) is 1.74. The van der Waals surface area contributed by atoms with Crippen molar-refractivity contribution in [2.45, 2.75) is 19.4 Å². The van der Waals surface area contributed by atoms with Gasteiger partial charge in [-0.3, -0.25) is 0 Å². The third-order valence-corrected chi connectivity index (χ3v) is 2.61. The zero-order chi connectivity index (χ0) is 10.7. The van der Waals surface area contributed by atoms with Gasteiger partial charge in [0.2, 0.25) is 0 Å². The Kier molecular flexibility index (Phi) is 2.98. The second-order valence-corrected chi connectivity index (χ2v) is 4.00. The van der Waals surface area contributed by atoms with Crippen LogP contribution in [0.2, 0.25) is 0 Å². The Labute approximate surface area is 88.7 Å². The molecule has 0 heterocycles. The van der Waals surface area contributed by atoms with Crippen LogP contribution >= 0.6 is 0 Å². The van der Waals surface area contributed by atoms with Crippen molar-refractivity contribution in [2.75, 3.05) is 6.54 Å². The maximum atomic E-state index is 13.0. The molecule has 0 aliphatic heterocycles. The van der Waals surface area contributed by atoms with Gasteiger partial charge in [-0.2, -0.15) is 5.26 Å². The topological polar surface area (TPSA) is 35.8 Å². The largest absolute Gasteiger partial charge is 0.312 e. The molecule has 1 N–H and O–H groups in total. The molecule has 78 valence electrons. The summed E-state index contributed by atoms with van der Waals surface area (Å²) >= 11 is 0. The predicted octanol–water partition coefficient (Wildman–Crippen LogP) is 2.20. The Morgan fingerprint density at radius 1 is 1.47 bits per heavy atom. The van der Waals surface area contributed by atoms with Gasteiger partial charge >= 0.3 is 0 Å². The molecule has 0 atom stereocenters. The van der Waals surface area contributed by atoms with Crippen LogP contribution in [0.4, 0.5) is 4.39 Å². The van der Waals surface area contributed by atoms with E-state index in [2.05, 4.69) is 5.32 Å². The van der Waals surface area contributed by atoms with Gasteiger partial charge < -0.3 is 5.32 Å². The lowest BCUT2D eigenvalue weighted by atomic mass is 10.1. The van der Waals surface area contributed by atoms with Crippen molar-refractivity contribution in [3.63, 3.8) is 0 Å². The van der Waals surface area contributed by atoms with Crippen molar-refractivity contribution in [1.82, 2.24) is 5.32 Å². The van der Waals surface area contributed by atoms with Gasteiger partial charge in [-0.05, 0) is 43.0 Å². The summed E-state index contributed by atoms with van der Waals surface area (Å²) in [5.41, 5.74) is 1.09. The van der Waals surface area contributed by atoms with Crippen LogP contribution in [0.5, 0.6) is 0 Å². The lowest BCUT2D eigenvalue weighted by Crippen LogP contribution is -2.16. The zero-order valence-electron chi connectivity index (χ0n) is 8.46. The molecule has 0 bridgehead atoms. The summed E-state index contributed by atoms with van der Waals surface area (Å²) in [5.74, 6) is 0.393. The van der Waals surface area contributed by atoms with Crippen LogP contribution in [0, 0.1) is 23.1 Å². The van der Waals surface area contributed by atoms with Crippen LogP contribution in [-0.4, -0.2) is 6.54 Å². The van der Waals surface area contributed by atoms with Gasteiger partial charge in [0, 0.05) is 6.54 Å². The second-order valence-electron chi connectivity index (χ2n) is 4.00. The fourth-order valence-electron chi connectivity index (χ4n) is 1.51. The van der Waals surface area contributed by atoms with Crippen molar-refractivity contribution in [2.24, 2.45) is 5.92 Å². The van der Waals surface area contributed by atoms with E-state index < -0.39 is 5.82 Å². The Balaban J connectivity index is 1.92. The number of nitrogens with zero attached hydrogens (tertiary/aromatic N) is 1. The monoisotopic (exact) mass is 204 g/mol. The average molecular weight is 204 g/mol. The fourth-order valence-corrected chi connectivity index (χ4v) is 1.51. The zero-order valence-corrected chi connectivity index (χ0v) is 8.46. The van der Waals surface area contributed by atoms with Gasteiger partial charge in [0.25, 0.3) is 0 Å². The van der Waals surface area contributed by atoms with E-state index in [1.165, 1.54) is 18.9 Å². The predicted molar refractivity (Wildman–Crippen MR) is 55.5 cm³/mol. The Morgan fingerprint density at radius 2 is 2.27 bits per heavy atom. The van der Waals surface area contributed by atoms with E-state index >= 15 is 0 Å². The summed E-state index contributed by atoms with van der Waals surface area (Å²) in [5, 5.41) is 12.0. The van der Waals surface area contributed by atoms with Crippen LogP contribution in [-0.2, 0) is 6.54 Å². The summed E-state index contributed by atoms with van der Waals surface area (Å²) < 4.78 is 13.0. The quantitative estimate of drug-likeness (QED) is 0.816. The highest BCUT2D eigenvalue weighted by molar-refractivity contribution is 5.34. The highest BCUT2D eigenvalue weighted by Crippen LogP contribution is 2.27. The minimum absolute atomic E-state index is 0.126. The molecule has 15 heavy (non-hydrogen) atoms. The van der Waals surface area contributed by atoms with E-state index in [9.17, 15) is 4.39 Å². The first kappa shape index (κ1) is 10.1. The lowest BCUT2D eigenvalue weighted by molar-refractivity contribution is 0.617. The molecule has 0 amide bonds. The normalized spacial score (nSPS) is 14.9. The van der Waals surface area contributed by atoms with E-state index in [1.807, 2.05) is 6.07 Å². The molecule has 1 aromatic rings. The number of rotatable bonds is 4. The molecule has 3 heteroatoms. The molecule has 1 aliphatic carbocycles. The summed E-state index contributed by atoms with van der Waals surface area (Å²) in [6.07, 6.45) is 2.64. The molecule has 1 fully saturated rings. The minimum Gasteiger partial charge on any atom is -0.312 e. The molecule has 0 saturated heterocycles. The van der Waals surface area contributed by atoms with E-state index in [-0.39, 0.29) is 5.56 Å². The van der Waals surface area contributed by atoms with Crippen molar-refractivity contribution in [3.05, 3.63) is 35.1 Å². The first-order valence-corrected chi connectivity index (χ1v) is 5.19. The molecule has 1 aliphatic rings. The van der Waals surface area contributed by atoms with Crippen LogP contribution in [0.1, 0.15) is 24.0 Å². The Morgan fingerprint density at radius 3 is 2.93 bits per heavy atom. The SMILES string of the molecule is N#Cc1cc(CNCC2CC2)ccc1F. The highest BCUT2D eigenvalue weighted by Gasteiger charge is 2.20. The molecule has 0 spiro atoms. The van der Waals surface area contributed by atoms with Crippen LogP contribution in [0.15, 0.2) is 18.2 Å². The molecule has 0 aromatic heterocycles. The first-order chi connectivity index (χ1) is 7.29. The number of hydrogen-bond donors (Lipinski definition) is 1. The minimum atomic E-state index is -0.441. The van der Waals surface area contributed by atoms with Gasteiger partial charge in [-0.25, -0.2) is 4.39 Å². The standard InChI is InChI=1S/C12H13FN2/c13-12-4-3-10(5-11(12)6-14)8-15-7-9-1-2-9/h3-5,9,15H,1-2,7-8H2. The molecule has 1 saturated carbocycles. The van der Waals surface area contributed by atoms with Crippen LogP contribution in [0.3, 0.4) is 0 Å². The van der Waals surface area contributed by atoms with E-state index in [4.69, 9.17) is 5.26 Å². The van der Waals surface area contributed by atoms with Crippen LogP contribution < -0.4 is 5.32 Å².